The molecule has 28 heavy (non-hydrogen) atoms. The van der Waals surface area contributed by atoms with Crippen LogP contribution in [0.5, 0.6) is 0 Å². The first-order valence-corrected chi connectivity index (χ1v) is 9.78. The number of nitrogens with one attached hydrogen (secondary N) is 1. The predicted molar refractivity (Wildman–Crippen MR) is 107 cm³/mol. The minimum Gasteiger partial charge on any atom is -0.652 e. The van der Waals surface area contributed by atoms with Crippen LogP contribution in [-0.4, -0.2) is 47.8 Å². The Morgan fingerprint density at radius 1 is 1.36 bits per heavy atom. The Morgan fingerprint density at radius 3 is 2.82 bits per heavy atom. The van der Waals surface area contributed by atoms with Crippen molar-refractivity contribution in [1.29, 1.82) is 0 Å². The van der Waals surface area contributed by atoms with E-state index in [2.05, 4.69) is 20.6 Å². The van der Waals surface area contributed by atoms with Gasteiger partial charge in [0.05, 0.1) is 16.3 Å². The van der Waals surface area contributed by atoms with Crippen LogP contribution in [-0.2, 0) is 4.79 Å². The van der Waals surface area contributed by atoms with Gasteiger partial charge in [-0.15, -0.1) is 17.9 Å². The minimum absolute atomic E-state index is 0. The molecular formula is C18H23AcN6O2S-. The quantitative estimate of drug-likeness (QED) is 0.179. The number of carbonyl (C=O) groups is 2. The zero-order valence-electron chi connectivity index (χ0n) is 15.5. The molecule has 147 valence electrons. The largest absolute Gasteiger partial charge is 0.652 e. The summed E-state index contributed by atoms with van der Waals surface area (Å²) >= 11 is 1.33. The third-order valence-corrected chi connectivity index (χ3v) is 5.42. The van der Waals surface area contributed by atoms with Crippen molar-refractivity contribution in [2.24, 2.45) is 16.5 Å². The molecule has 0 saturated carbocycles. The van der Waals surface area contributed by atoms with Crippen LogP contribution in [0.15, 0.2) is 29.3 Å². The van der Waals surface area contributed by atoms with Crippen LogP contribution in [0, 0.1) is 44.1 Å². The van der Waals surface area contributed by atoms with E-state index < -0.39 is 6.04 Å². The maximum Gasteiger partial charge on any atom is 0.213 e. The first-order chi connectivity index (χ1) is 13.0. The van der Waals surface area contributed by atoms with Crippen molar-refractivity contribution < 1.29 is 53.7 Å². The molecule has 1 radical (unpaired) electrons. The van der Waals surface area contributed by atoms with Gasteiger partial charge in [-0.1, -0.05) is 31.0 Å². The molecule has 2 aromatic rings. The molecule has 0 spiro atoms. The number of para-hydroxylation sites is 1. The molecule has 10 heteroatoms. The number of fused-ring (bicyclic) bond motifs is 1. The summed E-state index contributed by atoms with van der Waals surface area (Å²) in [5.74, 6) is -0.376. The van der Waals surface area contributed by atoms with Crippen molar-refractivity contribution in [3.63, 3.8) is 0 Å². The van der Waals surface area contributed by atoms with Crippen LogP contribution in [0.3, 0.4) is 0 Å². The molecule has 1 aliphatic rings. The molecule has 2 heterocycles. The summed E-state index contributed by atoms with van der Waals surface area (Å²) in [5, 5.41) is 7.54. The van der Waals surface area contributed by atoms with Gasteiger partial charge in [-0.05, 0) is 25.0 Å². The Morgan fingerprint density at radius 2 is 2.14 bits per heavy atom. The fourth-order valence-corrected chi connectivity index (χ4v) is 3.96. The number of thiazole rings is 1. The van der Waals surface area contributed by atoms with E-state index in [4.69, 9.17) is 11.5 Å². The monoisotopic (exact) mass is 614 g/mol. The predicted octanol–water partition coefficient (Wildman–Crippen LogP) is 1.55. The summed E-state index contributed by atoms with van der Waals surface area (Å²) in [6.07, 6.45) is 2.63. The van der Waals surface area contributed by atoms with E-state index in [0.29, 0.717) is 30.9 Å². The zero-order chi connectivity index (χ0) is 19.2. The number of hydrogen-bond donors (Lipinski definition) is 3. The number of amides is 1. The third-order valence-electron chi connectivity index (χ3n) is 4.37. The molecule has 0 aliphatic carbocycles. The molecule has 3 rings (SSSR count). The van der Waals surface area contributed by atoms with Crippen molar-refractivity contribution in [3.05, 3.63) is 34.6 Å². The van der Waals surface area contributed by atoms with Gasteiger partial charge >= 0.3 is 0 Å². The first-order valence-electron chi connectivity index (χ1n) is 8.97. The van der Waals surface area contributed by atoms with Crippen LogP contribution < -0.4 is 16.8 Å². The van der Waals surface area contributed by atoms with Gasteiger partial charge in [0.2, 0.25) is 11.7 Å². The summed E-state index contributed by atoms with van der Waals surface area (Å²) in [7, 11) is 0. The van der Waals surface area contributed by atoms with Gasteiger partial charge in [-0.2, -0.15) is 0 Å². The van der Waals surface area contributed by atoms with E-state index in [1.807, 2.05) is 24.3 Å². The average molecular weight is 614 g/mol. The summed E-state index contributed by atoms with van der Waals surface area (Å²) in [4.78, 5) is 33.8. The fraction of sp³-hybridized carbons (Fsp3) is 0.444. The number of hydrogen-bond acceptors (Lipinski definition) is 5. The molecule has 2 unspecified atom stereocenters. The molecule has 8 nitrogen and oxygen atoms in total. The number of aromatic nitrogens is 1. The van der Waals surface area contributed by atoms with E-state index in [9.17, 15) is 9.59 Å². The number of aliphatic imine (C=N–C) groups is 1. The van der Waals surface area contributed by atoms with Crippen LogP contribution in [0.2, 0.25) is 0 Å². The maximum absolute atomic E-state index is 13.0. The number of benzene rings is 1. The third kappa shape index (κ3) is 6.21. The minimum atomic E-state index is -0.664. The SMILES string of the molecule is NC(N)=NCCCC(NC(=O)C1CCC[N-]1)C(=O)c1nc2ccccc2s1.[Ac]. The Labute approximate surface area is 203 Å². The number of carbonyl (C=O) groups excluding carboxylic acids is 2. The van der Waals surface area contributed by atoms with Gasteiger partial charge in [0, 0.05) is 50.6 Å². The van der Waals surface area contributed by atoms with E-state index in [-0.39, 0.29) is 67.8 Å². The van der Waals surface area contributed by atoms with Gasteiger partial charge in [0.1, 0.15) is 0 Å². The van der Waals surface area contributed by atoms with Gasteiger partial charge in [0.25, 0.3) is 0 Å². The standard InChI is InChI=1S/C18H23N6O2S.Ac/c19-18(20)22-10-3-6-12(23-16(26)13-7-4-9-21-13)15(25)17-24-11-5-1-2-8-14(11)27-17;/h1-2,5,8,12-13H,3-4,6-7,9-10H2,(H,23,26)(H4,19,20,22);/q-1;. The molecule has 1 aliphatic heterocycles. The molecule has 1 aromatic carbocycles. The Balaban J connectivity index is 0.00000280. The van der Waals surface area contributed by atoms with Gasteiger partial charge in [-0.25, -0.2) is 4.98 Å². The summed E-state index contributed by atoms with van der Waals surface area (Å²) < 4.78 is 0.942. The summed E-state index contributed by atoms with van der Waals surface area (Å²) in [6.45, 7) is 1.09. The van der Waals surface area contributed by atoms with Crippen LogP contribution in [0.4, 0.5) is 0 Å². The molecular weight excluding hydrogens is 591 g/mol. The van der Waals surface area contributed by atoms with E-state index in [1.165, 1.54) is 11.3 Å². The number of nitrogens with two attached hydrogens (primary N) is 2. The Hall–Kier alpha value is -1.08. The van der Waals surface area contributed by atoms with Crippen LogP contribution in [0.25, 0.3) is 15.5 Å². The molecule has 5 N–H and O–H groups in total. The van der Waals surface area contributed by atoms with Crippen LogP contribution >= 0.6 is 11.3 Å². The fourth-order valence-electron chi connectivity index (χ4n) is 3.00. The molecule has 1 fully saturated rings. The molecule has 1 amide bonds. The molecule has 1 saturated heterocycles. The van der Waals surface area contributed by atoms with Gasteiger partial charge in [-0.3, -0.25) is 14.6 Å². The number of rotatable bonds is 8. The number of guanidine groups is 1. The first kappa shape index (κ1) is 23.2. The van der Waals surface area contributed by atoms with Gasteiger partial charge < -0.3 is 22.1 Å². The molecule has 1 aromatic heterocycles. The van der Waals surface area contributed by atoms with E-state index in [1.54, 1.807) is 0 Å². The van der Waals surface area contributed by atoms with Gasteiger partial charge in [0.15, 0.2) is 11.0 Å². The maximum atomic E-state index is 13.0. The van der Waals surface area contributed by atoms with Crippen LogP contribution in [0.1, 0.15) is 35.5 Å². The smallest absolute Gasteiger partial charge is 0.213 e. The van der Waals surface area contributed by atoms with Crippen molar-refractivity contribution in [2.45, 2.75) is 37.8 Å². The second-order valence-electron chi connectivity index (χ2n) is 6.43. The Bertz CT molecular complexity index is 812. The molecule has 2 atom stereocenters. The zero-order valence-corrected chi connectivity index (χ0v) is 21.1. The number of Topliss-reactive ketones (excluding diaryl/α,β-unsaturated/α-hetero) is 1. The summed E-state index contributed by atoms with van der Waals surface area (Å²) in [5.41, 5.74) is 11.5. The molecule has 0 bridgehead atoms. The summed E-state index contributed by atoms with van der Waals surface area (Å²) in [6, 6.07) is 6.55. The van der Waals surface area contributed by atoms with Crippen molar-refractivity contribution >= 4 is 39.2 Å². The number of ketones is 1. The Kier molecular flexibility index (Phi) is 9.28. The van der Waals surface area contributed by atoms with E-state index >= 15 is 0 Å². The normalized spacial score (nSPS) is 16.9. The van der Waals surface area contributed by atoms with E-state index in [0.717, 1.165) is 23.1 Å². The van der Waals surface area contributed by atoms with Crippen molar-refractivity contribution in [1.82, 2.24) is 10.3 Å². The second kappa shape index (κ2) is 11.2. The van der Waals surface area contributed by atoms with Crippen molar-refractivity contribution in [2.75, 3.05) is 13.1 Å². The average Bonchev–Trinajstić information content (AvgIpc) is 3.32. The second-order valence-corrected chi connectivity index (χ2v) is 7.46. The van der Waals surface area contributed by atoms with Crippen molar-refractivity contribution in [3.8, 4) is 0 Å². The topological polar surface area (TPSA) is 138 Å². The number of nitrogens with zero attached hydrogens (tertiary/aromatic N) is 3.